The predicted octanol–water partition coefficient (Wildman–Crippen LogP) is 2.28. The fourth-order valence-corrected chi connectivity index (χ4v) is 5.68. The number of hydrogen-bond acceptors (Lipinski definition) is 6. The number of carbonyl (C=O) groups is 1. The van der Waals surface area contributed by atoms with E-state index in [-0.39, 0.29) is 40.9 Å². The van der Waals surface area contributed by atoms with Crippen LogP contribution >= 0.6 is 0 Å². The maximum absolute atomic E-state index is 13.7. The van der Waals surface area contributed by atoms with Crippen LogP contribution in [0.5, 0.6) is 0 Å². The lowest BCUT2D eigenvalue weighted by Crippen LogP contribution is -2.20. The van der Waals surface area contributed by atoms with Crippen LogP contribution in [0.15, 0.2) is 47.5 Å². The zero-order valence-electron chi connectivity index (χ0n) is 18.3. The standard InChI is InChI=1S/C23H27F2N3O5S/c24-20-10-14(11-21(20)25)9-19(15-1-3-17(4-2-15)34(32,33)18-5-6-18)23(31)26-22-7-8-28(27-22)12-16(30)13-29/h1-4,7-9,14,16,18,20-21,29-30H,5-6,10-13H2,(H,26,27,31)/b19-9+/t14-,16-,20+,21-/m0/s1. The van der Waals surface area contributed by atoms with Gasteiger partial charge in [-0.3, -0.25) is 9.48 Å². The van der Waals surface area contributed by atoms with E-state index in [1.54, 1.807) is 0 Å². The number of alkyl halides is 2. The van der Waals surface area contributed by atoms with Crippen molar-refractivity contribution in [1.29, 1.82) is 0 Å². The molecule has 0 bridgehead atoms. The number of halogens is 2. The molecule has 2 aliphatic carbocycles. The van der Waals surface area contributed by atoms with Crippen molar-refractivity contribution in [3.8, 4) is 0 Å². The summed E-state index contributed by atoms with van der Waals surface area (Å²) in [5, 5.41) is 24.9. The van der Waals surface area contributed by atoms with Crippen LogP contribution in [0.1, 0.15) is 31.2 Å². The highest BCUT2D eigenvalue weighted by Gasteiger charge is 2.37. The van der Waals surface area contributed by atoms with E-state index in [0.717, 1.165) is 0 Å². The summed E-state index contributed by atoms with van der Waals surface area (Å²) >= 11 is 0. The van der Waals surface area contributed by atoms with Crippen molar-refractivity contribution >= 4 is 27.1 Å². The topological polar surface area (TPSA) is 122 Å². The van der Waals surface area contributed by atoms with Gasteiger partial charge < -0.3 is 15.5 Å². The molecule has 11 heteroatoms. The number of sulfone groups is 1. The van der Waals surface area contributed by atoms with Crippen LogP contribution in [0.4, 0.5) is 14.6 Å². The minimum absolute atomic E-state index is 0.0316. The minimum atomic E-state index is -3.39. The normalized spacial score (nSPS) is 24.2. The molecule has 0 saturated heterocycles. The average molecular weight is 496 g/mol. The van der Waals surface area contributed by atoms with Crippen molar-refractivity contribution in [2.24, 2.45) is 5.92 Å². The maximum Gasteiger partial charge on any atom is 0.257 e. The molecule has 3 N–H and O–H groups in total. The number of anilines is 1. The van der Waals surface area contributed by atoms with Gasteiger partial charge in [0.2, 0.25) is 0 Å². The summed E-state index contributed by atoms with van der Waals surface area (Å²) < 4.78 is 53.8. The lowest BCUT2D eigenvalue weighted by atomic mass is 9.98. The molecule has 0 aliphatic heterocycles. The number of aromatic nitrogens is 2. The maximum atomic E-state index is 13.7. The largest absolute Gasteiger partial charge is 0.394 e. The van der Waals surface area contributed by atoms with E-state index >= 15 is 0 Å². The minimum Gasteiger partial charge on any atom is -0.394 e. The Morgan fingerprint density at radius 1 is 1.18 bits per heavy atom. The molecule has 2 aliphatic rings. The summed E-state index contributed by atoms with van der Waals surface area (Å²) in [6, 6.07) is 7.44. The second kappa shape index (κ2) is 9.93. The van der Waals surface area contributed by atoms with Gasteiger partial charge >= 0.3 is 0 Å². The number of hydrogen-bond donors (Lipinski definition) is 3. The summed E-state index contributed by atoms with van der Waals surface area (Å²) in [6.07, 6.45) is 0.0438. The van der Waals surface area contributed by atoms with Gasteiger partial charge in [-0.1, -0.05) is 18.2 Å². The molecule has 2 aromatic rings. The first-order valence-corrected chi connectivity index (χ1v) is 12.7. The SMILES string of the molecule is O=C(Nc1ccn(C[C@H](O)CO)n1)/C(=C/[C@H]1C[C@@H](F)[C@@H](F)C1)c1ccc(S(=O)(=O)C2CC2)cc1. The molecule has 0 spiro atoms. The Morgan fingerprint density at radius 2 is 1.82 bits per heavy atom. The van der Waals surface area contributed by atoms with E-state index in [9.17, 15) is 27.1 Å². The van der Waals surface area contributed by atoms with Crippen LogP contribution in [0.2, 0.25) is 0 Å². The van der Waals surface area contributed by atoms with Crippen LogP contribution < -0.4 is 5.32 Å². The van der Waals surface area contributed by atoms with E-state index in [4.69, 9.17) is 5.11 Å². The van der Waals surface area contributed by atoms with Gasteiger partial charge in [0.15, 0.2) is 15.7 Å². The number of benzene rings is 1. The fourth-order valence-electron chi connectivity index (χ4n) is 4.03. The van der Waals surface area contributed by atoms with Crippen LogP contribution in [0.25, 0.3) is 5.57 Å². The van der Waals surface area contributed by atoms with Crippen LogP contribution in [0.3, 0.4) is 0 Å². The van der Waals surface area contributed by atoms with Gasteiger partial charge in [0.1, 0.15) is 12.3 Å². The smallest absolute Gasteiger partial charge is 0.257 e. The first-order valence-electron chi connectivity index (χ1n) is 11.2. The van der Waals surface area contributed by atoms with Crippen LogP contribution in [-0.4, -0.2) is 64.6 Å². The summed E-state index contributed by atoms with van der Waals surface area (Å²) in [5.74, 6) is -0.867. The van der Waals surface area contributed by atoms with Gasteiger partial charge in [0, 0.05) is 17.8 Å². The highest BCUT2D eigenvalue weighted by molar-refractivity contribution is 7.92. The molecule has 2 fully saturated rings. The number of carbonyl (C=O) groups excluding carboxylic acids is 1. The Morgan fingerprint density at radius 3 is 2.41 bits per heavy atom. The first kappa shape index (κ1) is 24.5. The second-order valence-corrected chi connectivity index (χ2v) is 11.1. The predicted molar refractivity (Wildman–Crippen MR) is 121 cm³/mol. The molecule has 184 valence electrons. The molecule has 1 aromatic carbocycles. The van der Waals surface area contributed by atoms with Gasteiger partial charge in [0.05, 0.1) is 29.4 Å². The molecule has 8 nitrogen and oxygen atoms in total. The number of rotatable bonds is 9. The third kappa shape index (κ3) is 5.53. The average Bonchev–Trinajstić information content (AvgIpc) is 3.52. The number of nitrogens with zero attached hydrogens (tertiary/aromatic N) is 2. The Hall–Kier alpha value is -2.63. The van der Waals surface area contributed by atoms with E-state index < -0.39 is 46.7 Å². The molecule has 1 aromatic heterocycles. The van der Waals surface area contributed by atoms with Gasteiger partial charge in [0.25, 0.3) is 5.91 Å². The zero-order valence-corrected chi connectivity index (χ0v) is 19.2. The van der Waals surface area contributed by atoms with Crippen molar-refractivity contribution in [2.75, 3.05) is 11.9 Å². The van der Waals surface area contributed by atoms with Gasteiger partial charge in [-0.25, -0.2) is 17.2 Å². The summed E-state index contributed by atoms with van der Waals surface area (Å²) in [7, 11) is -3.39. The highest BCUT2D eigenvalue weighted by Crippen LogP contribution is 2.36. The molecule has 2 saturated carbocycles. The van der Waals surface area contributed by atoms with E-state index in [1.165, 1.54) is 47.3 Å². The molecule has 1 amide bonds. The van der Waals surface area contributed by atoms with E-state index in [1.807, 2.05) is 0 Å². The van der Waals surface area contributed by atoms with Crippen molar-refractivity contribution in [3.63, 3.8) is 0 Å². The second-order valence-electron chi connectivity index (χ2n) is 8.83. The molecular formula is C23H27F2N3O5S. The summed E-state index contributed by atoms with van der Waals surface area (Å²) in [6.45, 7) is -0.405. The zero-order chi connectivity index (χ0) is 24.5. The quantitative estimate of drug-likeness (QED) is 0.459. The molecule has 34 heavy (non-hydrogen) atoms. The Balaban J connectivity index is 1.57. The fraction of sp³-hybridized carbons (Fsp3) is 0.478. The Labute approximate surface area is 196 Å². The molecule has 0 radical (unpaired) electrons. The van der Waals surface area contributed by atoms with E-state index in [0.29, 0.717) is 18.4 Å². The molecule has 1 heterocycles. The lowest BCUT2D eigenvalue weighted by molar-refractivity contribution is -0.111. The number of nitrogens with one attached hydrogen (secondary N) is 1. The Bertz CT molecular complexity index is 1150. The Kier molecular flexibility index (Phi) is 7.15. The van der Waals surface area contributed by atoms with Gasteiger partial charge in [-0.2, -0.15) is 5.10 Å². The van der Waals surface area contributed by atoms with E-state index in [2.05, 4.69) is 10.4 Å². The molecule has 4 atom stereocenters. The number of allylic oxidation sites excluding steroid dienone is 1. The monoisotopic (exact) mass is 495 g/mol. The van der Waals surface area contributed by atoms with Gasteiger partial charge in [-0.05, 0) is 49.3 Å². The van der Waals surface area contributed by atoms with Crippen LogP contribution in [-0.2, 0) is 21.2 Å². The summed E-state index contributed by atoms with van der Waals surface area (Å²) in [4.78, 5) is 13.3. The van der Waals surface area contributed by atoms with Gasteiger partial charge in [-0.15, -0.1) is 0 Å². The molecule has 0 unspecified atom stereocenters. The van der Waals surface area contributed by atoms with Crippen molar-refractivity contribution in [1.82, 2.24) is 9.78 Å². The number of aliphatic hydroxyl groups is 2. The summed E-state index contributed by atoms with van der Waals surface area (Å²) in [5.41, 5.74) is 0.576. The number of amides is 1. The lowest BCUT2D eigenvalue weighted by Gasteiger charge is -2.12. The third-order valence-corrected chi connectivity index (χ3v) is 8.32. The van der Waals surface area contributed by atoms with Crippen LogP contribution in [0, 0.1) is 5.92 Å². The van der Waals surface area contributed by atoms with Crippen molar-refractivity contribution < 1.29 is 32.2 Å². The number of aliphatic hydroxyl groups excluding tert-OH is 2. The third-order valence-electron chi connectivity index (χ3n) is 6.04. The first-order chi connectivity index (χ1) is 16.2. The highest BCUT2D eigenvalue weighted by atomic mass is 32.2. The molecular weight excluding hydrogens is 468 g/mol. The molecule has 4 rings (SSSR count). The van der Waals surface area contributed by atoms with Crippen molar-refractivity contribution in [2.45, 2.75) is 60.8 Å². The van der Waals surface area contributed by atoms with Crippen molar-refractivity contribution in [3.05, 3.63) is 48.2 Å².